The fraction of sp³-hybridized carbons (Fsp3) is 0.143. The lowest BCUT2D eigenvalue weighted by molar-refractivity contribution is -0.114. The van der Waals surface area contributed by atoms with Crippen molar-refractivity contribution in [1.29, 1.82) is 0 Å². The molecule has 1 radical (unpaired) electrons. The van der Waals surface area contributed by atoms with Gasteiger partial charge in [0.05, 0.1) is 6.20 Å². The highest BCUT2D eigenvalue weighted by Gasteiger charge is 1.91. The molecule has 1 heterocycles. The second-order valence-corrected chi connectivity index (χ2v) is 1.83. The first kappa shape index (κ1) is 6.74. The number of aromatic nitrogens is 1. The summed E-state index contributed by atoms with van der Waals surface area (Å²) < 4.78 is 0. The van der Waals surface area contributed by atoms with Gasteiger partial charge in [0.1, 0.15) is 5.82 Å². The first-order valence-electron chi connectivity index (χ1n) is 2.90. The van der Waals surface area contributed by atoms with E-state index in [9.17, 15) is 4.79 Å². The van der Waals surface area contributed by atoms with E-state index in [4.69, 9.17) is 0 Å². The van der Waals surface area contributed by atoms with Gasteiger partial charge in [0, 0.05) is 6.92 Å². The van der Waals surface area contributed by atoms with Crippen LogP contribution in [-0.2, 0) is 4.79 Å². The zero-order valence-corrected chi connectivity index (χ0v) is 5.59. The molecule has 10 heavy (non-hydrogen) atoms. The summed E-state index contributed by atoms with van der Waals surface area (Å²) in [4.78, 5) is 14.2. The molecule has 0 aromatic carbocycles. The Kier molecular flexibility index (Phi) is 1.99. The van der Waals surface area contributed by atoms with Crippen LogP contribution in [-0.4, -0.2) is 10.9 Å². The van der Waals surface area contributed by atoms with Crippen molar-refractivity contribution in [3.63, 3.8) is 0 Å². The lowest BCUT2D eigenvalue weighted by Crippen LogP contribution is -2.06. The lowest BCUT2D eigenvalue weighted by Gasteiger charge is -1.96. The minimum atomic E-state index is -0.118. The summed E-state index contributed by atoms with van der Waals surface area (Å²) in [6.45, 7) is 1.44. The highest BCUT2D eigenvalue weighted by atomic mass is 16.1. The van der Waals surface area contributed by atoms with Crippen LogP contribution in [0.25, 0.3) is 0 Å². The Bertz CT molecular complexity index is 220. The Morgan fingerprint density at radius 2 is 2.60 bits per heavy atom. The molecule has 0 spiro atoms. The maximum atomic E-state index is 10.4. The topological polar surface area (TPSA) is 42.0 Å². The molecule has 1 aromatic heterocycles. The predicted molar refractivity (Wildman–Crippen MR) is 37.4 cm³/mol. The van der Waals surface area contributed by atoms with Crippen molar-refractivity contribution in [1.82, 2.24) is 4.98 Å². The molecular weight excluding hydrogens is 128 g/mol. The minimum Gasteiger partial charge on any atom is -0.311 e. The Morgan fingerprint density at radius 1 is 1.80 bits per heavy atom. The molecule has 1 aromatic rings. The van der Waals surface area contributed by atoms with E-state index in [1.165, 1.54) is 6.92 Å². The molecule has 0 atom stereocenters. The zero-order valence-electron chi connectivity index (χ0n) is 5.59. The van der Waals surface area contributed by atoms with Crippen molar-refractivity contribution in [2.45, 2.75) is 6.92 Å². The SMILES string of the molecule is CC(=O)Nc1ccc[c]n1. The normalized spacial score (nSPS) is 8.90. The fourth-order valence-corrected chi connectivity index (χ4v) is 0.576. The van der Waals surface area contributed by atoms with Crippen LogP contribution in [0.1, 0.15) is 6.92 Å². The van der Waals surface area contributed by atoms with Gasteiger partial charge in [-0.1, -0.05) is 6.07 Å². The van der Waals surface area contributed by atoms with E-state index in [-0.39, 0.29) is 5.91 Å². The molecule has 3 heteroatoms. The first-order valence-corrected chi connectivity index (χ1v) is 2.90. The standard InChI is InChI=1S/C7H7N2O/c1-6(10)9-7-4-2-3-5-8-7/h2-4H,1H3,(H,8,9,10). The summed E-state index contributed by atoms with van der Waals surface area (Å²) in [5, 5.41) is 2.52. The van der Waals surface area contributed by atoms with Crippen LogP contribution in [0.5, 0.6) is 0 Å². The lowest BCUT2D eigenvalue weighted by atomic mass is 10.4. The molecular formula is C7H7N2O. The molecule has 51 valence electrons. The van der Waals surface area contributed by atoms with Crippen molar-refractivity contribution in [3.05, 3.63) is 24.4 Å². The summed E-state index contributed by atoms with van der Waals surface area (Å²) in [5.41, 5.74) is 0. The molecule has 3 nitrogen and oxygen atoms in total. The van der Waals surface area contributed by atoms with Crippen molar-refractivity contribution in [2.24, 2.45) is 0 Å². The Morgan fingerprint density at radius 3 is 3.10 bits per heavy atom. The van der Waals surface area contributed by atoms with Gasteiger partial charge < -0.3 is 5.32 Å². The van der Waals surface area contributed by atoms with E-state index in [0.717, 1.165) is 0 Å². The molecule has 0 saturated heterocycles. The maximum absolute atomic E-state index is 10.4. The Balaban J connectivity index is 2.67. The van der Waals surface area contributed by atoms with Crippen LogP contribution in [0, 0.1) is 6.20 Å². The van der Waals surface area contributed by atoms with Crippen LogP contribution >= 0.6 is 0 Å². The number of carbonyl (C=O) groups is 1. The summed E-state index contributed by atoms with van der Waals surface area (Å²) >= 11 is 0. The van der Waals surface area contributed by atoms with Crippen LogP contribution in [0.3, 0.4) is 0 Å². The third-order valence-electron chi connectivity index (χ3n) is 0.914. The van der Waals surface area contributed by atoms with Crippen molar-refractivity contribution in [2.75, 3.05) is 5.32 Å². The van der Waals surface area contributed by atoms with Crippen LogP contribution in [0.15, 0.2) is 18.2 Å². The highest BCUT2D eigenvalue weighted by molar-refractivity contribution is 5.87. The molecule has 0 bridgehead atoms. The van der Waals surface area contributed by atoms with Crippen molar-refractivity contribution >= 4 is 11.7 Å². The molecule has 0 aliphatic carbocycles. The Labute approximate surface area is 59.1 Å². The molecule has 0 fully saturated rings. The maximum Gasteiger partial charge on any atom is 0.222 e. The van der Waals surface area contributed by atoms with Gasteiger partial charge in [-0.05, 0) is 12.1 Å². The number of nitrogens with one attached hydrogen (secondary N) is 1. The molecule has 0 unspecified atom stereocenters. The van der Waals surface area contributed by atoms with Gasteiger partial charge in [-0.25, -0.2) is 4.98 Å². The third kappa shape index (κ3) is 1.85. The Hall–Kier alpha value is -1.38. The van der Waals surface area contributed by atoms with Gasteiger partial charge in [0.15, 0.2) is 0 Å². The van der Waals surface area contributed by atoms with Crippen molar-refractivity contribution in [3.8, 4) is 0 Å². The molecule has 1 amide bonds. The summed E-state index contributed by atoms with van der Waals surface area (Å²) in [5.74, 6) is 0.419. The van der Waals surface area contributed by atoms with Gasteiger partial charge in [-0.2, -0.15) is 0 Å². The van der Waals surface area contributed by atoms with E-state index in [1.807, 2.05) is 0 Å². The van der Waals surface area contributed by atoms with E-state index in [2.05, 4.69) is 16.5 Å². The van der Waals surface area contributed by atoms with Gasteiger partial charge >= 0.3 is 0 Å². The zero-order chi connectivity index (χ0) is 7.40. The summed E-state index contributed by atoms with van der Waals surface area (Å²) in [6, 6.07) is 5.14. The van der Waals surface area contributed by atoms with Gasteiger partial charge in [-0.3, -0.25) is 4.79 Å². The third-order valence-corrected chi connectivity index (χ3v) is 0.914. The van der Waals surface area contributed by atoms with E-state index < -0.39 is 0 Å². The number of rotatable bonds is 1. The second-order valence-electron chi connectivity index (χ2n) is 1.83. The monoisotopic (exact) mass is 135 g/mol. The summed E-state index contributed by atoms with van der Waals surface area (Å²) in [6.07, 6.45) is 2.60. The minimum absolute atomic E-state index is 0.118. The number of anilines is 1. The van der Waals surface area contributed by atoms with Gasteiger partial charge in [-0.15, -0.1) is 0 Å². The predicted octanol–water partition coefficient (Wildman–Crippen LogP) is 0.840. The fourth-order valence-electron chi connectivity index (χ4n) is 0.576. The van der Waals surface area contributed by atoms with Gasteiger partial charge in [0.2, 0.25) is 5.91 Å². The van der Waals surface area contributed by atoms with Crippen LogP contribution in [0.4, 0.5) is 5.82 Å². The number of pyridine rings is 1. The largest absolute Gasteiger partial charge is 0.311 e. The quantitative estimate of drug-likeness (QED) is 0.620. The van der Waals surface area contributed by atoms with Crippen molar-refractivity contribution < 1.29 is 4.79 Å². The number of amides is 1. The molecule has 0 aliphatic heterocycles. The second kappa shape index (κ2) is 2.96. The van der Waals surface area contributed by atoms with E-state index >= 15 is 0 Å². The summed E-state index contributed by atoms with van der Waals surface area (Å²) in [7, 11) is 0. The highest BCUT2D eigenvalue weighted by Crippen LogP contribution is 1.97. The number of carbonyl (C=O) groups excluding carboxylic acids is 1. The van der Waals surface area contributed by atoms with E-state index in [1.54, 1.807) is 18.2 Å². The number of hydrogen-bond donors (Lipinski definition) is 1. The van der Waals surface area contributed by atoms with E-state index in [0.29, 0.717) is 5.82 Å². The molecule has 0 saturated carbocycles. The molecule has 1 N–H and O–H groups in total. The average Bonchev–Trinajstić information content (AvgIpc) is 1.88. The molecule has 1 rings (SSSR count). The average molecular weight is 135 g/mol. The number of nitrogens with zero attached hydrogens (tertiary/aromatic N) is 1. The smallest absolute Gasteiger partial charge is 0.222 e. The van der Waals surface area contributed by atoms with Gasteiger partial charge in [0.25, 0.3) is 0 Å². The van der Waals surface area contributed by atoms with Crippen LogP contribution < -0.4 is 5.32 Å². The first-order chi connectivity index (χ1) is 4.79. The van der Waals surface area contributed by atoms with Crippen LogP contribution in [0.2, 0.25) is 0 Å². The number of hydrogen-bond acceptors (Lipinski definition) is 2. The molecule has 0 aliphatic rings.